The Bertz CT molecular complexity index is 736. The van der Waals surface area contributed by atoms with Crippen molar-refractivity contribution < 1.29 is 14.7 Å². The molecule has 4 nitrogen and oxygen atoms in total. The fourth-order valence-electron chi connectivity index (χ4n) is 2.73. The van der Waals surface area contributed by atoms with Gasteiger partial charge in [0.15, 0.2) is 0 Å². The molecule has 0 spiro atoms. The number of rotatable bonds is 5. The number of benzene rings is 2. The van der Waals surface area contributed by atoms with Crippen LogP contribution in [0.4, 0.5) is 0 Å². The third-order valence-corrected chi connectivity index (χ3v) is 4.02. The summed E-state index contributed by atoms with van der Waals surface area (Å²) in [6.45, 7) is 2.36. The summed E-state index contributed by atoms with van der Waals surface area (Å²) in [6.07, 6.45) is 2.02. The van der Waals surface area contributed by atoms with Gasteiger partial charge in [-0.05, 0) is 49.1 Å². The molecule has 1 fully saturated rings. The number of carboxylic acid groups (broad SMARTS) is 1. The van der Waals surface area contributed by atoms with Crippen LogP contribution in [0.15, 0.2) is 48.5 Å². The minimum atomic E-state index is -1.01. The van der Waals surface area contributed by atoms with E-state index in [1.54, 1.807) is 12.1 Å². The average Bonchev–Trinajstić information content (AvgIpc) is 3.37. The molecule has 3 rings (SSSR count). The third-order valence-electron chi connectivity index (χ3n) is 4.02. The second kappa shape index (κ2) is 6.24. The van der Waals surface area contributed by atoms with Crippen LogP contribution >= 0.6 is 0 Å². The predicted molar refractivity (Wildman–Crippen MR) is 87.5 cm³/mol. The first-order chi connectivity index (χ1) is 11.0. The maximum absolute atomic E-state index is 12.9. The van der Waals surface area contributed by atoms with Gasteiger partial charge < -0.3 is 10.0 Å². The fourth-order valence-corrected chi connectivity index (χ4v) is 2.73. The van der Waals surface area contributed by atoms with Crippen LogP contribution in [-0.4, -0.2) is 27.9 Å². The number of carboxylic acids is 1. The van der Waals surface area contributed by atoms with Gasteiger partial charge in [-0.15, -0.1) is 0 Å². The first-order valence-corrected chi connectivity index (χ1v) is 7.74. The molecule has 1 amide bonds. The molecule has 0 heterocycles. The lowest BCUT2D eigenvalue weighted by Crippen LogP contribution is -2.32. The summed E-state index contributed by atoms with van der Waals surface area (Å²) in [5, 5.41) is 9.19. The normalized spacial score (nSPS) is 13.6. The van der Waals surface area contributed by atoms with Crippen LogP contribution in [-0.2, 0) is 6.54 Å². The third kappa shape index (κ3) is 3.59. The zero-order valence-corrected chi connectivity index (χ0v) is 13.0. The Morgan fingerprint density at radius 3 is 2.35 bits per heavy atom. The quantitative estimate of drug-likeness (QED) is 0.919. The SMILES string of the molecule is Cc1cc(C(=O)O)cc(C(=O)N(Cc2ccccc2)C2CC2)c1. The monoisotopic (exact) mass is 309 g/mol. The van der Waals surface area contributed by atoms with Crippen molar-refractivity contribution in [3.8, 4) is 0 Å². The minimum Gasteiger partial charge on any atom is -0.478 e. The Morgan fingerprint density at radius 1 is 1.09 bits per heavy atom. The zero-order valence-electron chi connectivity index (χ0n) is 13.0. The van der Waals surface area contributed by atoms with Gasteiger partial charge in [-0.25, -0.2) is 4.79 Å². The summed E-state index contributed by atoms with van der Waals surface area (Å²) >= 11 is 0. The number of amides is 1. The molecular weight excluding hydrogens is 290 g/mol. The van der Waals surface area contributed by atoms with E-state index in [1.165, 1.54) is 6.07 Å². The van der Waals surface area contributed by atoms with E-state index in [1.807, 2.05) is 42.2 Å². The maximum Gasteiger partial charge on any atom is 0.335 e. The highest BCUT2D eigenvalue weighted by molar-refractivity contribution is 5.98. The molecule has 0 radical (unpaired) electrons. The highest BCUT2D eigenvalue weighted by atomic mass is 16.4. The van der Waals surface area contributed by atoms with Gasteiger partial charge in [-0.1, -0.05) is 30.3 Å². The largest absolute Gasteiger partial charge is 0.478 e. The smallest absolute Gasteiger partial charge is 0.335 e. The van der Waals surface area contributed by atoms with Crippen molar-refractivity contribution >= 4 is 11.9 Å². The molecule has 0 unspecified atom stereocenters. The van der Waals surface area contributed by atoms with Gasteiger partial charge in [-0.2, -0.15) is 0 Å². The molecule has 1 aliphatic carbocycles. The molecule has 23 heavy (non-hydrogen) atoms. The van der Waals surface area contributed by atoms with Gasteiger partial charge in [0.25, 0.3) is 5.91 Å². The molecule has 4 heteroatoms. The standard InChI is InChI=1S/C19H19NO3/c1-13-9-15(11-16(10-13)19(22)23)18(21)20(17-7-8-17)12-14-5-3-2-4-6-14/h2-6,9-11,17H,7-8,12H2,1H3,(H,22,23). The lowest BCUT2D eigenvalue weighted by molar-refractivity contribution is 0.0696. The van der Waals surface area contributed by atoms with E-state index in [9.17, 15) is 14.7 Å². The van der Waals surface area contributed by atoms with Crippen LogP contribution in [0.3, 0.4) is 0 Å². The molecule has 0 aliphatic heterocycles. The Hall–Kier alpha value is -2.62. The topological polar surface area (TPSA) is 57.6 Å². The number of aryl methyl sites for hydroxylation is 1. The second-order valence-electron chi connectivity index (χ2n) is 6.04. The van der Waals surface area contributed by atoms with Crippen LogP contribution in [0.2, 0.25) is 0 Å². The Balaban J connectivity index is 1.88. The molecule has 118 valence electrons. The Kier molecular flexibility index (Phi) is 4.15. The van der Waals surface area contributed by atoms with Gasteiger partial charge in [0.1, 0.15) is 0 Å². The van der Waals surface area contributed by atoms with E-state index in [2.05, 4.69) is 0 Å². The summed E-state index contributed by atoms with van der Waals surface area (Å²) in [5.74, 6) is -1.11. The van der Waals surface area contributed by atoms with E-state index in [4.69, 9.17) is 0 Å². The summed E-state index contributed by atoms with van der Waals surface area (Å²) in [4.78, 5) is 26.0. The Labute approximate surface area is 135 Å². The van der Waals surface area contributed by atoms with Gasteiger partial charge in [-0.3, -0.25) is 4.79 Å². The number of aromatic carboxylic acids is 1. The summed E-state index contributed by atoms with van der Waals surface area (Å²) in [6, 6.07) is 14.9. The molecule has 0 saturated heterocycles. The molecule has 0 bridgehead atoms. The van der Waals surface area contributed by atoms with Crippen LogP contribution < -0.4 is 0 Å². The molecule has 0 atom stereocenters. The van der Waals surface area contributed by atoms with Crippen LogP contribution in [0.25, 0.3) is 0 Å². The molecule has 0 aromatic heterocycles. The van der Waals surface area contributed by atoms with E-state index < -0.39 is 5.97 Å². The zero-order chi connectivity index (χ0) is 16.4. The van der Waals surface area contributed by atoms with E-state index in [0.717, 1.165) is 24.0 Å². The van der Waals surface area contributed by atoms with Gasteiger partial charge in [0.2, 0.25) is 0 Å². The highest BCUT2D eigenvalue weighted by Gasteiger charge is 2.33. The van der Waals surface area contributed by atoms with Crippen molar-refractivity contribution in [1.82, 2.24) is 4.90 Å². The van der Waals surface area contributed by atoms with Crippen molar-refractivity contribution in [3.05, 3.63) is 70.8 Å². The average molecular weight is 309 g/mol. The molecule has 1 saturated carbocycles. The second-order valence-corrected chi connectivity index (χ2v) is 6.04. The summed E-state index contributed by atoms with van der Waals surface area (Å²) < 4.78 is 0. The fraction of sp³-hybridized carbons (Fsp3) is 0.263. The lowest BCUT2D eigenvalue weighted by Gasteiger charge is -2.23. The first-order valence-electron chi connectivity index (χ1n) is 7.74. The van der Waals surface area contributed by atoms with Crippen molar-refractivity contribution in [1.29, 1.82) is 0 Å². The van der Waals surface area contributed by atoms with Crippen molar-refractivity contribution in [2.24, 2.45) is 0 Å². The van der Waals surface area contributed by atoms with Crippen LogP contribution in [0, 0.1) is 6.92 Å². The van der Waals surface area contributed by atoms with Crippen molar-refractivity contribution in [2.45, 2.75) is 32.4 Å². The van der Waals surface area contributed by atoms with E-state index in [-0.39, 0.29) is 17.5 Å². The van der Waals surface area contributed by atoms with Gasteiger partial charge >= 0.3 is 5.97 Å². The molecule has 2 aromatic rings. The van der Waals surface area contributed by atoms with Gasteiger partial charge in [0, 0.05) is 18.2 Å². The maximum atomic E-state index is 12.9. The van der Waals surface area contributed by atoms with E-state index >= 15 is 0 Å². The first kappa shape index (κ1) is 15.3. The minimum absolute atomic E-state index is 0.0949. The number of carbonyl (C=O) groups excluding carboxylic acids is 1. The molecule has 1 N–H and O–H groups in total. The number of hydrogen-bond donors (Lipinski definition) is 1. The van der Waals surface area contributed by atoms with Crippen LogP contribution in [0.5, 0.6) is 0 Å². The number of hydrogen-bond acceptors (Lipinski definition) is 2. The molecule has 2 aromatic carbocycles. The van der Waals surface area contributed by atoms with E-state index in [0.29, 0.717) is 12.1 Å². The van der Waals surface area contributed by atoms with Crippen molar-refractivity contribution in [3.63, 3.8) is 0 Å². The van der Waals surface area contributed by atoms with Crippen LogP contribution in [0.1, 0.15) is 44.7 Å². The Morgan fingerprint density at radius 2 is 1.74 bits per heavy atom. The summed E-state index contributed by atoms with van der Waals surface area (Å²) in [7, 11) is 0. The molecular formula is C19H19NO3. The summed E-state index contributed by atoms with van der Waals surface area (Å²) in [5.41, 5.74) is 2.47. The van der Waals surface area contributed by atoms with Crippen molar-refractivity contribution in [2.75, 3.05) is 0 Å². The predicted octanol–water partition coefficient (Wildman–Crippen LogP) is 3.50. The number of nitrogens with zero attached hydrogens (tertiary/aromatic N) is 1. The molecule has 1 aliphatic rings. The lowest BCUT2D eigenvalue weighted by atomic mass is 10.0. The number of carbonyl (C=O) groups is 2. The highest BCUT2D eigenvalue weighted by Crippen LogP contribution is 2.30. The van der Waals surface area contributed by atoms with Gasteiger partial charge in [0.05, 0.1) is 5.56 Å².